The Balaban J connectivity index is 2.48. The number of nitrogens with one attached hydrogen (secondary N) is 1. The zero-order valence-corrected chi connectivity index (χ0v) is 3.87. The van der Waals surface area contributed by atoms with Crippen LogP contribution in [0.25, 0.3) is 0 Å². The minimum atomic E-state index is -0.866. The third-order valence-corrected chi connectivity index (χ3v) is 0.720. The number of nitro groups is 1. The van der Waals surface area contributed by atoms with Crippen LogP contribution in [0.3, 0.4) is 0 Å². The van der Waals surface area contributed by atoms with Crippen molar-refractivity contribution in [3.8, 4) is 0 Å². The summed E-state index contributed by atoms with van der Waals surface area (Å²) in [4.78, 5) is 12.7. The Morgan fingerprint density at radius 2 is 2.75 bits per heavy atom. The van der Waals surface area contributed by atoms with Crippen molar-refractivity contribution < 1.29 is 4.92 Å². The van der Waals surface area contributed by atoms with Gasteiger partial charge in [-0.05, 0) is 0 Å². The number of hydrogen-bond donors (Lipinski definition) is 1. The van der Waals surface area contributed by atoms with Crippen molar-refractivity contribution in [1.29, 1.82) is 0 Å². The summed E-state index contributed by atoms with van der Waals surface area (Å²) in [5, 5.41) is 12.1. The molecule has 1 unspecified atom stereocenters. The van der Waals surface area contributed by atoms with Crippen molar-refractivity contribution in [2.24, 2.45) is 4.99 Å². The number of hydrogen-bond acceptors (Lipinski definition) is 4. The third-order valence-electron chi connectivity index (χ3n) is 0.720. The first-order valence-corrected chi connectivity index (χ1v) is 1.98. The molecule has 0 aromatic rings. The molecule has 0 spiro atoms. The molecule has 1 atom stereocenters. The van der Waals surface area contributed by atoms with Gasteiger partial charge in [0.05, 0.1) is 6.21 Å². The topological polar surface area (TPSA) is 67.5 Å². The van der Waals surface area contributed by atoms with Gasteiger partial charge >= 0.3 is 6.17 Å². The van der Waals surface area contributed by atoms with Gasteiger partial charge in [0.2, 0.25) is 6.67 Å². The van der Waals surface area contributed by atoms with Crippen LogP contribution < -0.4 is 5.32 Å². The summed E-state index contributed by atoms with van der Waals surface area (Å²) in [6, 6.07) is 0. The van der Waals surface area contributed by atoms with E-state index >= 15 is 0 Å². The van der Waals surface area contributed by atoms with E-state index in [1.165, 1.54) is 6.21 Å². The molecule has 1 aliphatic heterocycles. The molecule has 1 aliphatic rings. The molecular weight excluding hydrogens is 110 g/mol. The summed E-state index contributed by atoms with van der Waals surface area (Å²) >= 11 is 0. The van der Waals surface area contributed by atoms with Crippen LogP contribution in [-0.4, -0.2) is 17.3 Å². The van der Waals surface area contributed by atoms with E-state index in [9.17, 15) is 10.1 Å². The maximum absolute atomic E-state index is 9.81. The Labute approximate surface area is 45.6 Å². The zero-order valence-electron chi connectivity index (χ0n) is 3.87. The average Bonchev–Trinajstić information content (AvgIpc) is 2.12. The van der Waals surface area contributed by atoms with E-state index in [2.05, 4.69) is 17.0 Å². The maximum atomic E-state index is 9.81. The van der Waals surface area contributed by atoms with E-state index in [0.717, 1.165) is 0 Å². The molecule has 0 aromatic carbocycles. The van der Waals surface area contributed by atoms with Gasteiger partial charge < -0.3 is 0 Å². The zero-order chi connectivity index (χ0) is 5.98. The highest BCUT2D eigenvalue weighted by Crippen LogP contribution is 1.90. The molecule has 1 heterocycles. The molecular formula is C3H3N3O2. The van der Waals surface area contributed by atoms with E-state index in [0.29, 0.717) is 0 Å². The summed E-state index contributed by atoms with van der Waals surface area (Å²) in [5.41, 5.74) is 0. The second-order valence-electron chi connectivity index (χ2n) is 1.26. The number of rotatable bonds is 1. The third kappa shape index (κ3) is 0.812. The molecule has 0 fully saturated rings. The predicted octanol–water partition coefficient (Wildman–Crippen LogP) is -0.741. The van der Waals surface area contributed by atoms with Gasteiger partial charge in [0.25, 0.3) is 0 Å². The summed E-state index contributed by atoms with van der Waals surface area (Å²) in [7, 11) is 0. The van der Waals surface area contributed by atoms with Crippen molar-refractivity contribution >= 4 is 6.21 Å². The van der Waals surface area contributed by atoms with Crippen molar-refractivity contribution in [3.05, 3.63) is 16.8 Å². The number of nitrogens with zero attached hydrogens (tertiary/aromatic N) is 2. The van der Waals surface area contributed by atoms with Crippen molar-refractivity contribution in [3.63, 3.8) is 0 Å². The van der Waals surface area contributed by atoms with E-state index in [1.54, 1.807) is 0 Å². The highest BCUT2D eigenvalue weighted by atomic mass is 16.6. The standard InChI is InChI=1S/C3H3N3O2/c7-6(8)3-1-4-2-5-3/h1,3,5H. The van der Waals surface area contributed by atoms with Gasteiger partial charge in [-0.25, -0.2) is 5.32 Å². The van der Waals surface area contributed by atoms with Crippen LogP contribution in [0, 0.1) is 16.8 Å². The lowest BCUT2D eigenvalue weighted by molar-refractivity contribution is -0.505. The van der Waals surface area contributed by atoms with E-state index in [1.807, 2.05) is 0 Å². The molecule has 2 radical (unpaired) electrons. The second kappa shape index (κ2) is 1.87. The first-order valence-electron chi connectivity index (χ1n) is 1.98. The molecule has 0 saturated heterocycles. The molecule has 5 nitrogen and oxygen atoms in total. The fourth-order valence-corrected chi connectivity index (χ4v) is 0.356. The van der Waals surface area contributed by atoms with E-state index < -0.39 is 11.1 Å². The van der Waals surface area contributed by atoms with Crippen LogP contribution in [0.15, 0.2) is 4.99 Å². The van der Waals surface area contributed by atoms with Crippen molar-refractivity contribution in [2.75, 3.05) is 0 Å². The average molecular weight is 113 g/mol. The fraction of sp³-hybridized carbons (Fsp3) is 0.333. The van der Waals surface area contributed by atoms with Crippen molar-refractivity contribution in [2.45, 2.75) is 6.17 Å². The quantitative estimate of drug-likeness (QED) is 0.359. The molecule has 0 aliphatic carbocycles. The lowest BCUT2D eigenvalue weighted by Crippen LogP contribution is -2.30. The monoisotopic (exact) mass is 113 g/mol. The van der Waals surface area contributed by atoms with Gasteiger partial charge in [-0.1, -0.05) is 0 Å². The van der Waals surface area contributed by atoms with Crippen LogP contribution in [-0.2, 0) is 0 Å². The summed E-state index contributed by atoms with van der Waals surface area (Å²) < 4.78 is 0. The molecule has 0 aromatic heterocycles. The molecule has 8 heavy (non-hydrogen) atoms. The Bertz CT molecular complexity index is 132. The van der Waals surface area contributed by atoms with Crippen LogP contribution in [0.2, 0.25) is 0 Å². The van der Waals surface area contributed by atoms with Crippen LogP contribution in [0.5, 0.6) is 0 Å². The van der Waals surface area contributed by atoms with Crippen LogP contribution in [0.1, 0.15) is 0 Å². The molecule has 5 heteroatoms. The fourth-order valence-electron chi connectivity index (χ4n) is 0.356. The highest BCUT2D eigenvalue weighted by molar-refractivity contribution is 5.64. The summed E-state index contributed by atoms with van der Waals surface area (Å²) in [6.07, 6.45) is 0.315. The normalized spacial score (nSPS) is 26.2. The Morgan fingerprint density at radius 3 is 3.00 bits per heavy atom. The Kier molecular flexibility index (Phi) is 1.21. The van der Waals surface area contributed by atoms with Crippen LogP contribution in [0.4, 0.5) is 0 Å². The lowest BCUT2D eigenvalue weighted by Gasteiger charge is -1.93. The number of aliphatic imine (C=N–C) groups is 1. The van der Waals surface area contributed by atoms with E-state index in [4.69, 9.17) is 0 Å². The van der Waals surface area contributed by atoms with Crippen molar-refractivity contribution in [1.82, 2.24) is 5.32 Å². The first-order chi connectivity index (χ1) is 3.80. The molecule has 0 bridgehead atoms. The Morgan fingerprint density at radius 1 is 2.00 bits per heavy atom. The van der Waals surface area contributed by atoms with E-state index in [-0.39, 0.29) is 0 Å². The Hall–Kier alpha value is -0.970. The van der Waals surface area contributed by atoms with Gasteiger partial charge in [0.1, 0.15) is 0 Å². The largest absolute Gasteiger partial charge is 0.303 e. The minimum absolute atomic E-state index is 0.483. The molecule has 1 rings (SSSR count). The highest BCUT2D eigenvalue weighted by Gasteiger charge is 2.19. The predicted molar refractivity (Wildman–Crippen MR) is 25.7 cm³/mol. The molecule has 1 N–H and O–H groups in total. The summed E-state index contributed by atoms with van der Waals surface area (Å²) in [5.74, 6) is 0. The van der Waals surface area contributed by atoms with Gasteiger partial charge in [-0.15, -0.1) is 0 Å². The van der Waals surface area contributed by atoms with Gasteiger partial charge in [0.15, 0.2) is 0 Å². The molecule has 0 amide bonds. The maximum Gasteiger partial charge on any atom is 0.303 e. The lowest BCUT2D eigenvalue weighted by atomic mass is 10.6. The molecule has 0 saturated carbocycles. The molecule has 42 valence electrons. The van der Waals surface area contributed by atoms with Gasteiger partial charge in [-0.3, -0.25) is 15.1 Å². The summed E-state index contributed by atoms with van der Waals surface area (Å²) in [6.45, 7) is 2.23. The first kappa shape index (κ1) is 5.17. The minimum Gasteiger partial charge on any atom is -0.262 e. The smallest absolute Gasteiger partial charge is 0.262 e. The van der Waals surface area contributed by atoms with Gasteiger partial charge in [-0.2, -0.15) is 0 Å². The van der Waals surface area contributed by atoms with Crippen LogP contribution >= 0.6 is 0 Å². The SMILES string of the molecule is O=[N+]([O-])C1C=N[C]N1. The van der Waals surface area contributed by atoms with Gasteiger partial charge in [0, 0.05) is 4.92 Å². The second-order valence-corrected chi connectivity index (χ2v) is 1.26.